The fourth-order valence-corrected chi connectivity index (χ4v) is 1.21. The fourth-order valence-electron chi connectivity index (χ4n) is 1.21. The smallest absolute Gasteiger partial charge is 0.387 e. The Kier molecular flexibility index (Phi) is 3.28. The van der Waals surface area contributed by atoms with Gasteiger partial charge in [-0.3, -0.25) is 0 Å². The van der Waals surface area contributed by atoms with Gasteiger partial charge in [-0.05, 0) is 37.1 Å². The summed E-state index contributed by atoms with van der Waals surface area (Å²) in [7, 11) is 1.54. The van der Waals surface area contributed by atoms with Crippen LogP contribution in [0.25, 0.3) is 0 Å². The topological polar surface area (TPSA) is 18.5 Å². The van der Waals surface area contributed by atoms with Gasteiger partial charge < -0.3 is 9.47 Å². The van der Waals surface area contributed by atoms with E-state index in [1.807, 2.05) is 0 Å². The van der Waals surface area contributed by atoms with Gasteiger partial charge in [0.1, 0.15) is 11.5 Å². The lowest BCUT2D eigenvalue weighted by atomic mass is 10.1. The number of hydrogen-bond acceptors (Lipinski definition) is 2. The van der Waals surface area contributed by atoms with E-state index >= 15 is 0 Å². The summed E-state index contributed by atoms with van der Waals surface area (Å²) in [5.41, 5.74) is 1.40. The van der Waals surface area contributed by atoms with Crippen molar-refractivity contribution in [3.63, 3.8) is 0 Å². The third-order valence-corrected chi connectivity index (χ3v) is 1.91. The number of hydrogen-bond donors (Lipinski definition) is 0. The van der Waals surface area contributed by atoms with E-state index in [4.69, 9.17) is 4.74 Å². The van der Waals surface area contributed by atoms with Gasteiger partial charge in [-0.15, -0.1) is 0 Å². The molecule has 4 heteroatoms. The van der Waals surface area contributed by atoms with E-state index in [-0.39, 0.29) is 5.75 Å². The van der Waals surface area contributed by atoms with Crippen LogP contribution >= 0.6 is 0 Å². The van der Waals surface area contributed by atoms with Crippen LogP contribution in [0.2, 0.25) is 0 Å². The van der Waals surface area contributed by atoms with E-state index < -0.39 is 6.61 Å². The zero-order chi connectivity index (χ0) is 10.7. The molecule has 0 atom stereocenters. The molecular weight excluding hydrogens is 190 g/mol. The van der Waals surface area contributed by atoms with Crippen LogP contribution < -0.4 is 9.47 Å². The Morgan fingerprint density at radius 2 is 1.57 bits per heavy atom. The fraction of sp³-hybridized carbons (Fsp3) is 0.400. The van der Waals surface area contributed by atoms with Gasteiger partial charge in [-0.1, -0.05) is 0 Å². The molecule has 0 unspecified atom stereocenters. The number of halogens is 2. The minimum absolute atomic E-state index is 0.193. The van der Waals surface area contributed by atoms with Gasteiger partial charge in [0.2, 0.25) is 0 Å². The molecule has 0 saturated heterocycles. The lowest BCUT2D eigenvalue weighted by molar-refractivity contribution is -0.0503. The first kappa shape index (κ1) is 10.8. The average molecular weight is 202 g/mol. The van der Waals surface area contributed by atoms with E-state index in [0.717, 1.165) is 5.56 Å². The standard InChI is InChI=1S/C10H12F2O2/c1-6-5-9(14-10(11)12)7(2)4-8(6)13-3/h4-5,10H,1-3H3. The Labute approximate surface area is 81.4 Å². The SMILES string of the molecule is COc1cc(C)c(OC(F)F)cc1C. The quantitative estimate of drug-likeness (QED) is 0.750. The van der Waals surface area contributed by atoms with Crippen molar-refractivity contribution >= 4 is 0 Å². The van der Waals surface area contributed by atoms with Crippen LogP contribution in [0.3, 0.4) is 0 Å². The Bertz CT molecular complexity index is 324. The molecule has 0 aromatic heterocycles. The summed E-state index contributed by atoms with van der Waals surface area (Å²) in [4.78, 5) is 0. The van der Waals surface area contributed by atoms with Crippen molar-refractivity contribution in [3.05, 3.63) is 23.3 Å². The van der Waals surface area contributed by atoms with E-state index in [9.17, 15) is 8.78 Å². The Morgan fingerprint density at radius 1 is 1.07 bits per heavy atom. The highest BCUT2D eigenvalue weighted by Gasteiger charge is 2.09. The number of benzene rings is 1. The van der Waals surface area contributed by atoms with E-state index in [2.05, 4.69) is 4.74 Å². The number of ether oxygens (including phenoxy) is 2. The molecule has 0 amide bonds. The molecule has 0 aliphatic carbocycles. The summed E-state index contributed by atoms with van der Waals surface area (Å²) in [6, 6.07) is 3.22. The van der Waals surface area contributed by atoms with Crippen LogP contribution in [0, 0.1) is 13.8 Å². The lowest BCUT2D eigenvalue weighted by Gasteiger charge is -2.11. The number of aryl methyl sites for hydroxylation is 2. The van der Waals surface area contributed by atoms with Crippen molar-refractivity contribution in [3.8, 4) is 11.5 Å². The second-order valence-corrected chi connectivity index (χ2v) is 2.97. The first-order chi connectivity index (χ1) is 6.54. The van der Waals surface area contributed by atoms with Gasteiger partial charge in [-0.25, -0.2) is 0 Å². The zero-order valence-corrected chi connectivity index (χ0v) is 8.30. The number of alkyl halides is 2. The molecule has 78 valence electrons. The second kappa shape index (κ2) is 4.26. The third-order valence-electron chi connectivity index (χ3n) is 1.91. The molecule has 1 aromatic carbocycles. The summed E-state index contributed by atoms with van der Waals surface area (Å²) in [5.74, 6) is 0.863. The predicted molar refractivity (Wildman–Crippen MR) is 49.1 cm³/mol. The normalized spacial score (nSPS) is 10.4. The number of rotatable bonds is 3. The molecule has 1 aromatic rings. The summed E-state index contributed by atoms with van der Waals surface area (Å²) in [5, 5.41) is 0. The molecule has 2 nitrogen and oxygen atoms in total. The Balaban J connectivity index is 3.02. The highest BCUT2D eigenvalue weighted by Crippen LogP contribution is 2.28. The highest BCUT2D eigenvalue weighted by atomic mass is 19.3. The molecular formula is C10H12F2O2. The second-order valence-electron chi connectivity index (χ2n) is 2.97. The Morgan fingerprint density at radius 3 is 2.07 bits per heavy atom. The molecule has 1 rings (SSSR count). The van der Waals surface area contributed by atoms with E-state index in [1.165, 1.54) is 7.11 Å². The lowest BCUT2D eigenvalue weighted by Crippen LogP contribution is -2.04. The maximum absolute atomic E-state index is 12.0. The first-order valence-corrected chi connectivity index (χ1v) is 4.14. The van der Waals surface area contributed by atoms with E-state index in [1.54, 1.807) is 26.0 Å². The molecule has 0 bridgehead atoms. The van der Waals surface area contributed by atoms with Crippen LogP contribution in [0.5, 0.6) is 11.5 Å². The van der Waals surface area contributed by atoms with Crippen molar-refractivity contribution in [1.29, 1.82) is 0 Å². The number of methoxy groups -OCH3 is 1. The Hall–Kier alpha value is -1.32. The zero-order valence-electron chi connectivity index (χ0n) is 8.30. The predicted octanol–water partition coefficient (Wildman–Crippen LogP) is 2.91. The monoisotopic (exact) mass is 202 g/mol. The maximum atomic E-state index is 12.0. The van der Waals surface area contributed by atoms with Gasteiger partial charge in [0.25, 0.3) is 0 Å². The van der Waals surface area contributed by atoms with Crippen LogP contribution in [0.1, 0.15) is 11.1 Å². The molecule has 0 aliphatic rings. The maximum Gasteiger partial charge on any atom is 0.387 e. The summed E-state index contributed by atoms with van der Waals surface area (Å²) in [6.07, 6.45) is 0. The van der Waals surface area contributed by atoms with Gasteiger partial charge in [-0.2, -0.15) is 8.78 Å². The summed E-state index contributed by atoms with van der Waals surface area (Å²) < 4.78 is 33.3. The van der Waals surface area contributed by atoms with Crippen molar-refractivity contribution in [1.82, 2.24) is 0 Å². The molecule has 0 radical (unpaired) electrons. The van der Waals surface area contributed by atoms with Gasteiger partial charge in [0, 0.05) is 0 Å². The van der Waals surface area contributed by atoms with Gasteiger partial charge in [0.05, 0.1) is 7.11 Å². The van der Waals surface area contributed by atoms with E-state index in [0.29, 0.717) is 11.3 Å². The minimum atomic E-state index is -2.79. The van der Waals surface area contributed by atoms with Crippen molar-refractivity contribution in [2.75, 3.05) is 7.11 Å². The molecule has 0 spiro atoms. The largest absolute Gasteiger partial charge is 0.496 e. The molecule has 14 heavy (non-hydrogen) atoms. The summed E-state index contributed by atoms with van der Waals surface area (Å²) >= 11 is 0. The van der Waals surface area contributed by atoms with Crippen LogP contribution in [-0.4, -0.2) is 13.7 Å². The van der Waals surface area contributed by atoms with Crippen LogP contribution in [-0.2, 0) is 0 Å². The van der Waals surface area contributed by atoms with Gasteiger partial charge in [0.15, 0.2) is 0 Å². The van der Waals surface area contributed by atoms with Crippen LogP contribution in [0.15, 0.2) is 12.1 Å². The summed E-state index contributed by atoms with van der Waals surface area (Å²) in [6.45, 7) is 0.678. The first-order valence-electron chi connectivity index (χ1n) is 4.14. The van der Waals surface area contributed by atoms with Crippen LogP contribution in [0.4, 0.5) is 8.78 Å². The molecule has 0 heterocycles. The molecule has 0 aliphatic heterocycles. The van der Waals surface area contributed by atoms with Crippen molar-refractivity contribution < 1.29 is 18.3 Å². The molecule has 0 N–H and O–H groups in total. The third kappa shape index (κ3) is 2.34. The van der Waals surface area contributed by atoms with Gasteiger partial charge >= 0.3 is 6.61 Å². The highest BCUT2D eigenvalue weighted by molar-refractivity contribution is 5.45. The molecule has 0 saturated carbocycles. The van der Waals surface area contributed by atoms with Crippen molar-refractivity contribution in [2.24, 2.45) is 0 Å². The molecule has 0 fully saturated rings. The average Bonchev–Trinajstić information content (AvgIpc) is 2.10. The minimum Gasteiger partial charge on any atom is -0.496 e. The van der Waals surface area contributed by atoms with Crippen molar-refractivity contribution in [2.45, 2.75) is 20.5 Å².